The van der Waals surface area contributed by atoms with Crippen LogP contribution in [0.25, 0.3) is 43.9 Å². The van der Waals surface area contributed by atoms with Crippen LogP contribution in [-0.4, -0.2) is 13.4 Å². The molecule has 0 atom stereocenters. The second-order valence-corrected chi connectivity index (χ2v) is 16.7. The third-order valence-corrected chi connectivity index (χ3v) is 13.5. The summed E-state index contributed by atoms with van der Waals surface area (Å²) in [5, 5.41) is 4.08. The molecule has 0 saturated carbocycles. The van der Waals surface area contributed by atoms with E-state index in [0.717, 1.165) is 123 Å². The maximum absolute atomic E-state index is 7.10. The first-order valence-corrected chi connectivity index (χ1v) is 21.1. The maximum Gasteiger partial charge on any atom is 0.256 e. The normalized spacial score (nSPS) is 13.9. The molecule has 0 bridgehead atoms. The van der Waals surface area contributed by atoms with Gasteiger partial charge >= 0.3 is 0 Å². The number of rotatable bonds is 2. The highest BCUT2D eigenvalue weighted by Crippen LogP contribution is 2.50. The summed E-state index contributed by atoms with van der Waals surface area (Å²) in [6, 6.07) is 64.5. The van der Waals surface area contributed by atoms with Crippen LogP contribution in [0.15, 0.2) is 191 Å². The maximum atomic E-state index is 7.10. The lowest BCUT2D eigenvalue weighted by atomic mass is 9.30. The Bertz CT molecular complexity index is 3510. The van der Waals surface area contributed by atoms with Crippen molar-refractivity contribution in [3.63, 3.8) is 0 Å². The molecule has 11 aromatic rings. The standard InChI is InChI=1S/C54H30B2N2O4/c1-3-15-31(16-4-1)57-39-28-40-38(27-37(39)55-35-21-9-13-25-45(35)61-53-49-33-19-7-11-23-43(33)59-47(49)29-41(57)51(53)55)56-36-22-10-14-26-46(36)62-54-50-34-20-8-12-24-44(34)60-48(50)30-42(52(54)56)58(40)32-17-5-2-6-18-32/h1-30H. The molecule has 0 amide bonds. The van der Waals surface area contributed by atoms with Gasteiger partial charge in [0.1, 0.15) is 45.3 Å². The fourth-order valence-corrected chi connectivity index (χ4v) is 11.1. The van der Waals surface area contributed by atoms with Gasteiger partial charge in [-0.3, -0.25) is 0 Å². The molecular formula is C54H30B2N2O4. The Morgan fingerprint density at radius 3 is 1.24 bits per heavy atom. The van der Waals surface area contributed by atoms with Gasteiger partial charge in [-0.05, 0) is 87.4 Å². The van der Waals surface area contributed by atoms with E-state index in [1.807, 2.05) is 24.3 Å². The van der Waals surface area contributed by atoms with Gasteiger partial charge in [0, 0.05) is 57.0 Å². The van der Waals surface area contributed by atoms with E-state index in [1.54, 1.807) is 0 Å². The van der Waals surface area contributed by atoms with E-state index in [4.69, 9.17) is 18.3 Å². The van der Waals surface area contributed by atoms with Gasteiger partial charge < -0.3 is 28.1 Å². The van der Waals surface area contributed by atoms with Crippen LogP contribution in [0, 0.1) is 0 Å². The monoisotopic (exact) mass is 792 g/mol. The van der Waals surface area contributed by atoms with Crippen LogP contribution in [0.3, 0.4) is 0 Å². The van der Waals surface area contributed by atoms with Gasteiger partial charge in [-0.25, -0.2) is 0 Å². The number of hydrogen-bond acceptors (Lipinski definition) is 6. The van der Waals surface area contributed by atoms with E-state index in [-0.39, 0.29) is 13.4 Å². The van der Waals surface area contributed by atoms with Crippen molar-refractivity contribution in [3.8, 4) is 23.0 Å². The van der Waals surface area contributed by atoms with Crippen molar-refractivity contribution >= 4 is 124 Å². The van der Waals surface area contributed by atoms with Crippen LogP contribution in [0.5, 0.6) is 23.0 Å². The van der Waals surface area contributed by atoms with Crippen molar-refractivity contribution in [2.24, 2.45) is 0 Å². The third kappa shape index (κ3) is 4.16. The van der Waals surface area contributed by atoms with Crippen molar-refractivity contribution in [2.75, 3.05) is 9.80 Å². The van der Waals surface area contributed by atoms with Crippen molar-refractivity contribution < 1.29 is 18.3 Å². The second-order valence-electron chi connectivity index (χ2n) is 16.7. The number of hydrogen-bond donors (Lipinski definition) is 0. The molecule has 0 spiro atoms. The predicted molar refractivity (Wildman–Crippen MR) is 253 cm³/mol. The smallest absolute Gasteiger partial charge is 0.256 e. The molecule has 286 valence electrons. The number of benzene rings is 9. The Balaban J connectivity index is 1.10. The molecule has 4 aliphatic rings. The minimum absolute atomic E-state index is 0.135. The summed E-state index contributed by atoms with van der Waals surface area (Å²) in [5.41, 5.74) is 16.6. The molecule has 2 aromatic heterocycles. The van der Waals surface area contributed by atoms with Gasteiger partial charge in [0.05, 0.1) is 10.8 Å². The quantitative estimate of drug-likeness (QED) is 0.163. The van der Waals surface area contributed by atoms with E-state index < -0.39 is 0 Å². The van der Waals surface area contributed by atoms with Gasteiger partial charge in [-0.1, -0.05) is 115 Å². The molecule has 0 radical (unpaired) electrons. The molecule has 0 saturated heterocycles. The summed E-state index contributed by atoms with van der Waals surface area (Å²) in [6.45, 7) is -0.269. The Morgan fingerprint density at radius 1 is 0.339 bits per heavy atom. The molecule has 6 heterocycles. The fraction of sp³-hybridized carbons (Fsp3) is 0. The van der Waals surface area contributed by atoms with E-state index in [2.05, 4.69) is 168 Å². The van der Waals surface area contributed by atoms with Crippen molar-refractivity contribution in [2.45, 2.75) is 0 Å². The number of furan rings is 2. The van der Waals surface area contributed by atoms with Crippen LogP contribution in [0.4, 0.5) is 34.1 Å². The van der Waals surface area contributed by atoms with E-state index in [0.29, 0.717) is 0 Å². The molecule has 0 fully saturated rings. The lowest BCUT2D eigenvalue weighted by Gasteiger charge is -2.44. The van der Waals surface area contributed by atoms with Crippen LogP contribution in [0.2, 0.25) is 0 Å². The zero-order valence-corrected chi connectivity index (χ0v) is 33.0. The third-order valence-electron chi connectivity index (χ3n) is 13.5. The van der Waals surface area contributed by atoms with Crippen LogP contribution < -0.4 is 52.1 Å². The van der Waals surface area contributed by atoms with E-state index in [9.17, 15) is 0 Å². The van der Waals surface area contributed by atoms with Gasteiger partial charge in [-0.15, -0.1) is 0 Å². The summed E-state index contributed by atoms with van der Waals surface area (Å²) in [5.74, 6) is 3.41. The second kappa shape index (κ2) is 11.8. The highest BCUT2D eigenvalue weighted by atomic mass is 16.5. The van der Waals surface area contributed by atoms with Crippen molar-refractivity contribution in [3.05, 3.63) is 182 Å². The highest BCUT2D eigenvalue weighted by molar-refractivity contribution is 7.02. The van der Waals surface area contributed by atoms with Gasteiger partial charge in [0.15, 0.2) is 0 Å². The summed E-state index contributed by atoms with van der Waals surface area (Å²) >= 11 is 0. The van der Waals surface area contributed by atoms with Gasteiger partial charge in [-0.2, -0.15) is 0 Å². The summed E-state index contributed by atoms with van der Waals surface area (Å²) in [4.78, 5) is 4.83. The molecule has 8 heteroatoms. The molecule has 0 aliphatic carbocycles. The minimum Gasteiger partial charge on any atom is -0.458 e. The molecule has 62 heavy (non-hydrogen) atoms. The zero-order valence-electron chi connectivity index (χ0n) is 33.0. The number of para-hydroxylation sites is 6. The number of anilines is 6. The SMILES string of the molecule is c1ccc(N2c3cc4c(cc3B3c5ccccc5Oc5c3c2cc2oc3ccccc3c52)B2c3ccccc3Oc3c2c(cc2oc5ccccc5c32)N4c2ccccc2)cc1. The molecule has 9 aromatic carbocycles. The summed E-state index contributed by atoms with van der Waals surface area (Å²) < 4.78 is 27.6. The molecular weight excluding hydrogens is 762 g/mol. The molecule has 15 rings (SSSR count). The Labute approximate surface area is 355 Å². The minimum atomic E-state index is -0.135. The predicted octanol–water partition coefficient (Wildman–Crippen LogP) is 10.3. The Hall–Kier alpha value is -8.09. The zero-order chi connectivity index (χ0) is 40.2. The summed E-state index contributed by atoms with van der Waals surface area (Å²) in [6.07, 6.45) is 0. The van der Waals surface area contributed by atoms with Gasteiger partial charge in [0.2, 0.25) is 0 Å². The number of fused-ring (bicyclic) bond motifs is 16. The molecule has 0 N–H and O–H groups in total. The molecule has 0 unspecified atom stereocenters. The fourth-order valence-electron chi connectivity index (χ4n) is 11.1. The average Bonchev–Trinajstić information content (AvgIpc) is 3.90. The summed E-state index contributed by atoms with van der Waals surface area (Å²) in [7, 11) is 0. The molecule has 4 aliphatic heterocycles. The molecule has 6 nitrogen and oxygen atoms in total. The number of ether oxygens (including phenoxy) is 2. The first-order chi connectivity index (χ1) is 30.8. The van der Waals surface area contributed by atoms with Crippen molar-refractivity contribution in [1.82, 2.24) is 0 Å². The average molecular weight is 792 g/mol. The van der Waals surface area contributed by atoms with E-state index in [1.165, 1.54) is 10.9 Å². The first-order valence-electron chi connectivity index (χ1n) is 21.1. The lowest BCUT2D eigenvalue weighted by molar-refractivity contribution is 0.492. The lowest BCUT2D eigenvalue weighted by Crippen LogP contribution is -2.63. The van der Waals surface area contributed by atoms with Crippen LogP contribution in [-0.2, 0) is 0 Å². The topological polar surface area (TPSA) is 51.2 Å². The highest BCUT2D eigenvalue weighted by Gasteiger charge is 2.48. The number of nitrogens with zero attached hydrogens (tertiary/aromatic N) is 2. The van der Waals surface area contributed by atoms with Crippen LogP contribution in [0.1, 0.15) is 0 Å². The Kier molecular flexibility index (Phi) is 6.23. The van der Waals surface area contributed by atoms with Crippen LogP contribution >= 0.6 is 0 Å². The van der Waals surface area contributed by atoms with Crippen molar-refractivity contribution in [1.29, 1.82) is 0 Å². The first kappa shape index (κ1) is 32.7. The van der Waals surface area contributed by atoms with E-state index >= 15 is 0 Å². The largest absolute Gasteiger partial charge is 0.458 e. The Morgan fingerprint density at radius 2 is 0.758 bits per heavy atom. The van der Waals surface area contributed by atoms with Gasteiger partial charge in [0.25, 0.3) is 13.4 Å².